The average molecular weight is 364 g/mol. The summed E-state index contributed by atoms with van der Waals surface area (Å²) in [4.78, 5) is 13.3. The summed E-state index contributed by atoms with van der Waals surface area (Å²) in [6, 6.07) is 11.9. The lowest BCUT2D eigenvalue weighted by Gasteiger charge is -2.11. The maximum Gasteiger partial charge on any atom is 0.234 e. The van der Waals surface area contributed by atoms with Gasteiger partial charge >= 0.3 is 0 Å². The molecule has 0 aliphatic heterocycles. The SMILES string of the molecule is Cc1cc(C)c(SCC(=O)Nc2ccccc2Br)c(C)c1. The van der Waals surface area contributed by atoms with E-state index in [4.69, 9.17) is 0 Å². The van der Waals surface area contributed by atoms with Gasteiger partial charge in [-0.2, -0.15) is 0 Å². The van der Waals surface area contributed by atoms with Crippen LogP contribution in [0.3, 0.4) is 0 Å². The molecule has 4 heteroatoms. The maximum absolute atomic E-state index is 12.1. The summed E-state index contributed by atoms with van der Waals surface area (Å²) >= 11 is 5.02. The minimum absolute atomic E-state index is 0.00581. The molecule has 110 valence electrons. The second-order valence-corrected chi connectivity index (χ2v) is 6.88. The van der Waals surface area contributed by atoms with E-state index >= 15 is 0 Å². The van der Waals surface area contributed by atoms with Gasteiger partial charge in [0, 0.05) is 9.37 Å². The molecule has 21 heavy (non-hydrogen) atoms. The third-order valence-corrected chi connectivity index (χ3v) is 5.13. The fourth-order valence-corrected chi connectivity index (χ4v) is 3.59. The number of anilines is 1. The molecule has 0 saturated carbocycles. The van der Waals surface area contributed by atoms with Gasteiger partial charge in [0.1, 0.15) is 0 Å². The molecule has 0 spiro atoms. The molecule has 0 aliphatic rings. The zero-order valence-electron chi connectivity index (χ0n) is 12.4. The molecule has 0 fully saturated rings. The van der Waals surface area contributed by atoms with E-state index in [9.17, 15) is 4.79 Å². The van der Waals surface area contributed by atoms with Crippen molar-refractivity contribution in [1.29, 1.82) is 0 Å². The summed E-state index contributed by atoms with van der Waals surface area (Å²) in [7, 11) is 0. The highest BCUT2D eigenvalue weighted by molar-refractivity contribution is 9.10. The normalized spacial score (nSPS) is 10.5. The second-order valence-electron chi connectivity index (χ2n) is 5.04. The van der Waals surface area contributed by atoms with Crippen molar-refractivity contribution in [2.75, 3.05) is 11.1 Å². The smallest absolute Gasteiger partial charge is 0.234 e. The van der Waals surface area contributed by atoms with Gasteiger partial charge in [0.05, 0.1) is 11.4 Å². The van der Waals surface area contributed by atoms with Crippen LogP contribution in [0.5, 0.6) is 0 Å². The van der Waals surface area contributed by atoms with E-state index in [1.54, 1.807) is 11.8 Å². The Bertz CT molecular complexity index is 647. The molecule has 0 bridgehead atoms. The van der Waals surface area contributed by atoms with Gasteiger partial charge in [0.2, 0.25) is 5.91 Å². The number of halogens is 1. The lowest BCUT2D eigenvalue weighted by atomic mass is 10.1. The quantitative estimate of drug-likeness (QED) is 0.765. The van der Waals surface area contributed by atoms with Crippen LogP contribution in [0.15, 0.2) is 45.8 Å². The number of rotatable bonds is 4. The third-order valence-electron chi connectivity index (χ3n) is 3.10. The van der Waals surface area contributed by atoms with Crippen LogP contribution < -0.4 is 5.32 Å². The van der Waals surface area contributed by atoms with E-state index in [0.29, 0.717) is 5.75 Å². The number of carbonyl (C=O) groups is 1. The Morgan fingerprint density at radius 3 is 2.38 bits per heavy atom. The Hall–Kier alpha value is -1.26. The number of aryl methyl sites for hydroxylation is 3. The van der Waals surface area contributed by atoms with Crippen molar-refractivity contribution in [2.45, 2.75) is 25.7 Å². The molecule has 0 aliphatic carbocycles. The predicted octanol–water partition coefficient (Wildman–Crippen LogP) is 5.11. The van der Waals surface area contributed by atoms with Crippen molar-refractivity contribution in [3.05, 3.63) is 57.6 Å². The molecule has 0 unspecified atom stereocenters. The van der Waals surface area contributed by atoms with Gasteiger partial charge in [0.25, 0.3) is 0 Å². The second kappa shape index (κ2) is 7.14. The van der Waals surface area contributed by atoms with Crippen LogP contribution in [0.25, 0.3) is 0 Å². The van der Waals surface area contributed by atoms with Crippen molar-refractivity contribution in [3.63, 3.8) is 0 Å². The van der Waals surface area contributed by atoms with Crippen molar-refractivity contribution in [2.24, 2.45) is 0 Å². The standard InChI is InChI=1S/C17H18BrNOS/c1-11-8-12(2)17(13(3)9-11)21-10-16(20)19-15-7-5-4-6-14(15)18/h4-9H,10H2,1-3H3,(H,19,20). The summed E-state index contributed by atoms with van der Waals surface area (Å²) in [5, 5.41) is 2.92. The minimum atomic E-state index is 0.00581. The first-order valence-electron chi connectivity index (χ1n) is 6.72. The van der Waals surface area contributed by atoms with Crippen LogP contribution >= 0.6 is 27.7 Å². The van der Waals surface area contributed by atoms with Gasteiger partial charge in [-0.25, -0.2) is 0 Å². The lowest BCUT2D eigenvalue weighted by molar-refractivity contribution is -0.113. The predicted molar refractivity (Wildman–Crippen MR) is 94.1 cm³/mol. The molecular formula is C17H18BrNOS. The highest BCUT2D eigenvalue weighted by Gasteiger charge is 2.09. The molecule has 1 N–H and O–H groups in total. The summed E-state index contributed by atoms with van der Waals surface area (Å²) in [6.45, 7) is 6.27. The molecule has 2 nitrogen and oxygen atoms in total. The van der Waals surface area contributed by atoms with Crippen LogP contribution in [0.4, 0.5) is 5.69 Å². The van der Waals surface area contributed by atoms with Gasteiger partial charge in [-0.15, -0.1) is 11.8 Å². The fraction of sp³-hybridized carbons (Fsp3) is 0.235. The molecular weight excluding hydrogens is 346 g/mol. The number of amides is 1. The molecule has 0 aromatic heterocycles. The molecule has 0 atom stereocenters. The van der Waals surface area contributed by atoms with Crippen molar-refractivity contribution < 1.29 is 4.79 Å². The van der Waals surface area contributed by atoms with Gasteiger partial charge in [0.15, 0.2) is 0 Å². The van der Waals surface area contributed by atoms with Crippen LogP contribution in [0, 0.1) is 20.8 Å². The van der Waals surface area contributed by atoms with Gasteiger partial charge in [-0.3, -0.25) is 4.79 Å². The maximum atomic E-state index is 12.1. The van der Waals surface area contributed by atoms with E-state index < -0.39 is 0 Å². The number of nitrogens with one attached hydrogen (secondary N) is 1. The molecule has 0 saturated heterocycles. The molecule has 2 aromatic rings. The first kappa shape index (κ1) is 16.1. The van der Waals surface area contributed by atoms with Crippen LogP contribution in [0.2, 0.25) is 0 Å². The van der Waals surface area contributed by atoms with E-state index in [2.05, 4.69) is 54.2 Å². The number of hydrogen-bond donors (Lipinski definition) is 1. The molecule has 1 amide bonds. The minimum Gasteiger partial charge on any atom is -0.324 e. The number of thioether (sulfide) groups is 1. The summed E-state index contributed by atoms with van der Waals surface area (Å²) in [5.41, 5.74) is 4.52. The Labute approximate surface area is 138 Å². The first-order valence-corrected chi connectivity index (χ1v) is 8.50. The van der Waals surface area contributed by atoms with E-state index in [-0.39, 0.29) is 5.91 Å². The Balaban J connectivity index is 2.01. The first-order chi connectivity index (χ1) is 9.97. The number of para-hydroxylation sites is 1. The zero-order chi connectivity index (χ0) is 15.4. The highest BCUT2D eigenvalue weighted by atomic mass is 79.9. The molecule has 0 radical (unpaired) electrons. The van der Waals surface area contributed by atoms with E-state index in [1.807, 2.05) is 24.3 Å². The van der Waals surface area contributed by atoms with Gasteiger partial charge in [-0.05, 0) is 60.0 Å². The number of carbonyl (C=O) groups excluding carboxylic acids is 1. The Kier molecular flexibility index (Phi) is 5.48. The van der Waals surface area contributed by atoms with E-state index in [0.717, 1.165) is 10.2 Å². The van der Waals surface area contributed by atoms with Crippen molar-refractivity contribution in [1.82, 2.24) is 0 Å². The zero-order valence-corrected chi connectivity index (χ0v) is 14.8. The van der Waals surface area contributed by atoms with Gasteiger partial charge in [-0.1, -0.05) is 29.8 Å². The highest BCUT2D eigenvalue weighted by Crippen LogP contribution is 2.28. The topological polar surface area (TPSA) is 29.1 Å². The van der Waals surface area contributed by atoms with Crippen molar-refractivity contribution >= 4 is 39.3 Å². The average Bonchev–Trinajstić information content (AvgIpc) is 2.40. The third kappa shape index (κ3) is 4.35. The summed E-state index contributed by atoms with van der Waals surface area (Å²) in [5.74, 6) is 0.415. The van der Waals surface area contributed by atoms with E-state index in [1.165, 1.54) is 21.6 Å². The fourth-order valence-electron chi connectivity index (χ4n) is 2.28. The van der Waals surface area contributed by atoms with Crippen LogP contribution in [-0.2, 0) is 4.79 Å². The molecule has 0 heterocycles. The van der Waals surface area contributed by atoms with Crippen LogP contribution in [0.1, 0.15) is 16.7 Å². The summed E-state index contributed by atoms with van der Waals surface area (Å²) in [6.07, 6.45) is 0. The van der Waals surface area contributed by atoms with Crippen LogP contribution in [-0.4, -0.2) is 11.7 Å². The van der Waals surface area contributed by atoms with Crippen molar-refractivity contribution in [3.8, 4) is 0 Å². The molecule has 2 aromatic carbocycles. The van der Waals surface area contributed by atoms with Gasteiger partial charge < -0.3 is 5.32 Å². The monoisotopic (exact) mass is 363 g/mol. The lowest BCUT2D eigenvalue weighted by Crippen LogP contribution is -2.14. The largest absolute Gasteiger partial charge is 0.324 e. The number of hydrogen-bond acceptors (Lipinski definition) is 2. The molecule has 2 rings (SSSR count). The summed E-state index contributed by atoms with van der Waals surface area (Å²) < 4.78 is 0.894. The number of benzene rings is 2. The Morgan fingerprint density at radius 2 is 1.76 bits per heavy atom. The Morgan fingerprint density at radius 1 is 1.14 bits per heavy atom.